The molecule has 0 aromatic carbocycles. The van der Waals surface area contributed by atoms with Crippen molar-refractivity contribution in [3.63, 3.8) is 0 Å². The normalized spacial score (nSPS) is 13.2. The molecule has 98 valence electrons. The fourth-order valence-corrected chi connectivity index (χ4v) is 2.37. The third-order valence-electron chi connectivity index (χ3n) is 3.47. The van der Waals surface area contributed by atoms with Gasteiger partial charge in [0, 0.05) is 18.8 Å². The first-order chi connectivity index (χ1) is 8.74. The van der Waals surface area contributed by atoms with Crippen LogP contribution in [0.4, 0.5) is 5.82 Å². The summed E-state index contributed by atoms with van der Waals surface area (Å²) in [4.78, 5) is 18.2. The summed E-state index contributed by atoms with van der Waals surface area (Å²) in [5.41, 5.74) is 2.55. The number of pyridine rings is 1. The van der Waals surface area contributed by atoms with Crippen molar-refractivity contribution in [3.05, 3.63) is 23.4 Å². The lowest BCUT2D eigenvalue weighted by Crippen LogP contribution is -2.35. The molecule has 0 saturated heterocycles. The van der Waals surface area contributed by atoms with E-state index in [0.717, 1.165) is 31.7 Å². The summed E-state index contributed by atoms with van der Waals surface area (Å²) in [6, 6.07) is 4.10. The quantitative estimate of drug-likeness (QED) is 0.863. The van der Waals surface area contributed by atoms with Crippen LogP contribution in [0.2, 0.25) is 0 Å². The molecule has 4 nitrogen and oxygen atoms in total. The molecule has 4 heteroatoms. The number of anilines is 1. The molecule has 0 unspecified atom stereocenters. The molecule has 1 N–H and O–H groups in total. The van der Waals surface area contributed by atoms with Crippen molar-refractivity contribution in [1.82, 2.24) is 9.88 Å². The standard InChI is InChI=1S/C14H21N3O/c1-3-17(4-2)14(18)10-15-13-9-8-11-6-5-7-12(11)16-13/h8-9H,3-7,10H2,1-2H3,(H,15,16). The first-order valence-corrected chi connectivity index (χ1v) is 6.75. The van der Waals surface area contributed by atoms with Gasteiger partial charge < -0.3 is 10.2 Å². The number of fused-ring (bicyclic) bond motifs is 1. The van der Waals surface area contributed by atoms with Gasteiger partial charge in [0.05, 0.1) is 6.54 Å². The molecule has 0 spiro atoms. The highest BCUT2D eigenvalue weighted by molar-refractivity contribution is 5.80. The van der Waals surface area contributed by atoms with Crippen molar-refractivity contribution in [2.24, 2.45) is 0 Å². The number of rotatable bonds is 5. The lowest BCUT2D eigenvalue weighted by atomic mass is 10.2. The number of carbonyl (C=O) groups excluding carboxylic acids is 1. The van der Waals surface area contributed by atoms with Gasteiger partial charge >= 0.3 is 0 Å². The van der Waals surface area contributed by atoms with Crippen molar-refractivity contribution < 1.29 is 4.79 Å². The SMILES string of the molecule is CCN(CC)C(=O)CNc1ccc2c(n1)CCC2. The second-order valence-electron chi connectivity index (χ2n) is 4.58. The molecular weight excluding hydrogens is 226 g/mol. The highest BCUT2D eigenvalue weighted by Gasteiger charge is 2.13. The van der Waals surface area contributed by atoms with E-state index in [2.05, 4.69) is 16.4 Å². The highest BCUT2D eigenvalue weighted by atomic mass is 16.2. The molecule has 0 radical (unpaired) electrons. The maximum atomic E-state index is 11.8. The molecule has 1 aromatic rings. The molecule has 1 aliphatic carbocycles. The second kappa shape index (κ2) is 5.85. The van der Waals surface area contributed by atoms with Gasteiger partial charge in [0.25, 0.3) is 0 Å². The minimum atomic E-state index is 0.127. The van der Waals surface area contributed by atoms with Crippen molar-refractivity contribution >= 4 is 11.7 Å². The Kier molecular flexibility index (Phi) is 4.18. The predicted octanol–water partition coefficient (Wildman–Crippen LogP) is 1.85. The van der Waals surface area contributed by atoms with Crippen LogP contribution in [0.3, 0.4) is 0 Å². The number of hydrogen-bond acceptors (Lipinski definition) is 3. The summed E-state index contributed by atoms with van der Waals surface area (Å²) in [6.07, 6.45) is 3.40. The number of amides is 1. The van der Waals surface area contributed by atoms with Gasteiger partial charge in [0.2, 0.25) is 5.91 Å². The van der Waals surface area contributed by atoms with Crippen LogP contribution in [0.15, 0.2) is 12.1 Å². The van der Waals surface area contributed by atoms with Gasteiger partial charge in [-0.1, -0.05) is 6.07 Å². The Labute approximate surface area is 108 Å². The first kappa shape index (κ1) is 12.9. The predicted molar refractivity (Wildman–Crippen MR) is 72.7 cm³/mol. The van der Waals surface area contributed by atoms with Gasteiger partial charge in [0.15, 0.2) is 0 Å². The van der Waals surface area contributed by atoms with E-state index in [9.17, 15) is 4.79 Å². The summed E-state index contributed by atoms with van der Waals surface area (Å²) in [6.45, 7) is 5.83. The summed E-state index contributed by atoms with van der Waals surface area (Å²) >= 11 is 0. The lowest BCUT2D eigenvalue weighted by molar-refractivity contribution is -0.128. The average molecular weight is 247 g/mol. The molecule has 1 heterocycles. The Bertz CT molecular complexity index is 427. The van der Waals surface area contributed by atoms with E-state index in [4.69, 9.17) is 0 Å². The maximum absolute atomic E-state index is 11.8. The Morgan fingerprint density at radius 2 is 2.11 bits per heavy atom. The van der Waals surface area contributed by atoms with Crippen molar-refractivity contribution in [3.8, 4) is 0 Å². The molecule has 1 amide bonds. The van der Waals surface area contributed by atoms with Crippen LogP contribution in [0.25, 0.3) is 0 Å². The van der Waals surface area contributed by atoms with Gasteiger partial charge in [-0.3, -0.25) is 4.79 Å². The van der Waals surface area contributed by atoms with Crippen LogP contribution >= 0.6 is 0 Å². The Morgan fingerprint density at radius 1 is 1.33 bits per heavy atom. The number of nitrogens with zero attached hydrogens (tertiary/aromatic N) is 2. The number of aryl methyl sites for hydroxylation is 2. The molecule has 2 rings (SSSR count). The molecule has 0 fully saturated rings. The summed E-state index contributed by atoms with van der Waals surface area (Å²) in [7, 11) is 0. The van der Waals surface area contributed by atoms with Crippen LogP contribution in [-0.2, 0) is 17.6 Å². The van der Waals surface area contributed by atoms with Crippen molar-refractivity contribution in [2.75, 3.05) is 25.0 Å². The summed E-state index contributed by atoms with van der Waals surface area (Å²) in [5, 5.41) is 3.12. The van der Waals surface area contributed by atoms with E-state index in [1.807, 2.05) is 24.8 Å². The van der Waals surface area contributed by atoms with Crippen molar-refractivity contribution in [1.29, 1.82) is 0 Å². The minimum Gasteiger partial charge on any atom is -0.361 e. The second-order valence-corrected chi connectivity index (χ2v) is 4.58. The van der Waals surface area contributed by atoms with E-state index < -0.39 is 0 Å². The van der Waals surface area contributed by atoms with E-state index in [0.29, 0.717) is 6.54 Å². The molecule has 0 saturated carbocycles. The molecular formula is C14H21N3O. The Morgan fingerprint density at radius 3 is 2.83 bits per heavy atom. The molecule has 1 aromatic heterocycles. The Hall–Kier alpha value is -1.58. The third-order valence-corrected chi connectivity index (χ3v) is 3.47. The zero-order chi connectivity index (χ0) is 13.0. The fourth-order valence-electron chi connectivity index (χ4n) is 2.37. The first-order valence-electron chi connectivity index (χ1n) is 6.75. The molecule has 0 atom stereocenters. The van der Waals surface area contributed by atoms with E-state index in [1.54, 1.807) is 0 Å². The molecule has 1 aliphatic rings. The maximum Gasteiger partial charge on any atom is 0.241 e. The van der Waals surface area contributed by atoms with Crippen LogP contribution in [0, 0.1) is 0 Å². The van der Waals surface area contributed by atoms with E-state index in [1.165, 1.54) is 17.7 Å². The average Bonchev–Trinajstić information content (AvgIpc) is 2.85. The lowest BCUT2D eigenvalue weighted by Gasteiger charge is -2.19. The van der Waals surface area contributed by atoms with Gasteiger partial charge in [0.1, 0.15) is 5.82 Å². The van der Waals surface area contributed by atoms with Crippen LogP contribution in [0.1, 0.15) is 31.5 Å². The van der Waals surface area contributed by atoms with Gasteiger partial charge in [-0.15, -0.1) is 0 Å². The van der Waals surface area contributed by atoms with Crippen LogP contribution in [0.5, 0.6) is 0 Å². The van der Waals surface area contributed by atoms with Gasteiger partial charge in [-0.2, -0.15) is 0 Å². The summed E-state index contributed by atoms with van der Waals surface area (Å²) < 4.78 is 0. The van der Waals surface area contributed by atoms with Crippen LogP contribution in [-0.4, -0.2) is 35.4 Å². The largest absolute Gasteiger partial charge is 0.361 e. The van der Waals surface area contributed by atoms with E-state index in [-0.39, 0.29) is 5.91 Å². The van der Waals surface area contributed by atoms with Gasteiger partial charge in [-0.05, 0) is 44.7 Å². The molecule has 18 heavy (non-hydrogen) atoms. The highest BCUT2D eigenvalue weighted by Crippen LogP contribution is 2.21. The number of likely N-dealkylation sites (N-methyl/N-ethyl adjacent to an activating group) is 1. The summed E-state index contributed by atoms with van der Waals surface area (Å²) in [5.74, 6) is 0.943. The number of hydrogen-bond donors (Lipinski definition) is 1. The number of nitrogens with one attached hydrogen (secondary N) is 1. The van der Waals surface area contributed by atoms with Crippen LogP contribution < -0.4 is 5.32 Å². The zero-order valence-corrected chi connectivity index (χ0v) is 11.2. The topological polar surface area (TPSA) is 45.2 Å². The fraction of sp³-hybridized carbons (Fsp3) is 0.571. The molecule has 0 bridgehead atoms. The molecule has 0 aliphatic heterocycles. The smallest absolute Gasteiger partial charge is 0.241 e. The van der Waals surface area contributed by atoms with Gasteiger partial charge in [-0.25, -0.2) is 4.98 Å². The minimum absolute atomic E-state index is 0.127. The zero-order valence-electron chi connectivity index (χ0n) is 11.2. The van der Waals surface area contributed by atoms with E-state index >= 15 is 0 Å². The number of carbonyl (C=O) groups is 1. The number of aromatic nitrogens is 1. The van der Waals surface area contributed by atoms with Crippen molar-refractivity contribution in [2.45, 2.75) is 33.1 Å². The monoisotopic (exact) mass is 247 g/mol. The Balaban J connectivity index is 1.92. The third kappa shape index (κ3) is 2.81.